The second-order valence-corrected chi connectivity index (χ2v) is 10.1. The first-order valence-electron chi connectivity index (χ1n) is 11.4. The highest BCUT2D eigenvalue weighted by Gasteiger charge is 2.25. The molecule has 0 amide bonds. The van der Waals surface area contributed by atoms with Crippen LogP contribution in [0.3, 0.4) is 0 Å². The van der Waals surface area contributed by atoms with Gasteiger partial charge in [-0.15, -0.1) is 11.8 Å². The molecule has 0 bridgehead atoms. The summed E-state index contributed by atoms with van der Waals surface area (Å²) in [6, 6.07) is 9.68. The van der Waals surface area contributed by atoms with Crippen molar-refractivity contribution in [1.29, 1.82) is 0 Å². The van der Waals surface area contributed by atoms with Crippen LogP contribution >= 0.6 is 23.5 Å². The first-order chi connectivity index (χ1) is 17.0. The Morgan fingerprint density at radius 1 is 1.29 bits per heavy atom. The first kappa shape index (κ1) is 25.4. The molecule has 186 valence electrons. The molecule has 3 aromatic rings. The third-order valence-electron chi connectivity index (χ3n) is 5.20. The number of H-pyrrole nitrogens is 1. The molecule has 0 fully saturated rings. The number of fused-ring (bicyclic) bond motifs is 1. The van der Waals surface area contributed by atoms with E-state index < -0.39 is 0 Å². The van der Waals surface area contributed by atoms with E-state index in [0.29, 0.717) is 43.4 Å². The molecule has 2 unspecified atom stereocenters. The van der Waals surface area contributed by atoms with Crippen LogP contribution in [0.15, 0.2) is 46.5 Å². The van der Waals surface area contributed by atoms with E-state index in [2.05, 4.69) is 15.0 Å². The van der Waals surface area contributed by atoms with Crippen LogP contribution in [0, 0.1) is 0 Å². The summed E-state index contributed by atoms with van der Waals surface area (Å²) < 4.78 is 22.6. The molecule has 0 saturated heterocycles. The highest BCUT2D eigenvalue weighted by Crippen LogP contribution is 2.36. The summed E-state index contributed by atoms with van der Waals surface area (Å²) in [5.74, 6) is 1.75. The second kappa shape index (κ2) is 11.8. The lowest BCUT2D eigenvalue weighted by atomic mass is 10.2. The monoisotopic (exact) mass is 515 g/mol. The van der Waals surface area contributed by atoms with E-state index in [0.717, 1.165) is 26.7 Å². The van der Waals surface area contributed by atoms with Crippen LogP contribution in [0.4, 0.5) is 0 Å². The molecule has 1 aliphatic rings. The van der Waals surface area contributed by atoms with Crippen LogP contribution in [-0.4, -0.2) is 65.5 Å². The second-order valence-electron chi connectivity index (χ2n) is 7.99. The molecule has 0 aliphatic carbocycles. The van der Waals surface area contributed by atoms with Gasteiger partial charge in [-0.25, -0.2) is 4.98 Å². The van der Waals surface area contributed by atoms with Gasteiger partial charge in [0.15, 0.2) is 0 Å². The Morgan fingerprint density at radius 2 is 2.14 bits per heavy atom. The summed E-state index contributed by atoms with van der Waals surface area (Å²) in [6.45, 7) is 5.19. The predicted octanol–water partition coefficient (Wildman–Crippen LogP) is 5.31. The van der Waals surface area contributed by atoms with Crippen molar-refractivity contribution in [2.24, 2.45) is 4.99 Å². The summed E-state index contributed by atoms with van der Waals surface area (Å²) in [4.78, 5) is 24.4. The standard InChI is InChI=1S/C25H29N3O5S2/c1-5-31-23(29)11-19-13-27-25(35-19)20-9-16-8-18(33-17-6-7-22(34-4)26-12-17)10-21(24(16)28-20)32-15(2)14-30-3/h6-10,12,15,19,28H,5,11,13-14H2,1-4H3. The van der Waals surface area contributed by atoms with E-state index in [-0.39, 0.29) is 17.3 Å². The fourth-order valence-electron chi connectivity index (χ4n) is 3.70. The SMILES string of the molecule is CCOC(=O)CC1CN=C(c2cc3cc(Oc4ccc(SC)nc4)cc(OC(C)COC)c3[nH]2)S1. The number of nitrogens with zero attached hydrogens (tertiary/aromatic N) is 2. The zero-order valence-corrected chi connectivity index (χ0v) is 21.8. The molecule has 2 aromatic heterocycles. The number of carbonyl (C=O) groups excluding carboxylic acids is 1. The highest BCUT2D eigenvalue weighted by molar-refractivity contribution is 8.15. The van der Waals surface area contributed by atoms with E-state index in [1.807, 2.05) is 50.4 Å². The lowest BCUT2D eigenvalue weighted by Gasteiger charge is -2.16. The van der Waals surface area contributed by atoms with E-state index >= 15 is 0 Å². The van der Waals surface area contributed by atoms with E-state index in [9.17, 15) is 4.79 Å². The van der Waals surface area contributed by atoms with Crippen LogP contribution in [0.5, 0.6) is 17.2 Å². The third kappa shape index (κ3) is 6.50. The van der Waals surface area contributed by atoms with Gasteiger partial charge in [0.25, 0.3) is 0 Å². The van der Waals surface area contributed by atoms with Gasteiger partial charge in [-0.2, -0.15) is 0 Å². The van der Waals surface area contributed by atoms with Crippen LogP contribution in [0.2, 0.25) is 0 Å². The zero-order chi connectivity index (χ0) is 24.8. The fourth-order valence-corrected chi connectivity index (χ4v) is 5.13. The number of aliphatic imine (C=N–C) groups is 1. The number of aromatic amines is 1. The van der Waals surface area contributed by atoms with Crippen molar-refractivity contribution >= 4 is 45.4 Å². The van der Waals surface area contributed by atoms with Crippen LogP contribution in [0.1, 0.15) is 26.0 Å². The maximum absolute atomic E-state index is 11.9. The van der Waals surface area contributed by atoms with Gasteiger partial charge in [-0.3, -0.25) is 9.79 Å². The number of carbonyl (C=O) groups is 1. The van der Waals surface area contributed by atoms with Crippen molar-refractivity contribution in [1.82, 2.24) is 9.97 Å². The number of benzene rings is 1. The minimum Gasteiger partial charge on any atom is -0.486 e. The summed E-state index contributed by atoms with van der Waals surface area (Å²) in [6.07, 6.45) is 3.88. The van der Waals surface area contributed by atoms with Gasteiger partial charge in [0, 0.05) is 23.8 Å². The number of ether oxygens (including phenoxy) is 4. The normalized spacial score (nSPS) is 16.2. The van der Waals surface area contributed by atoms with Gasteiger partial charge < -0.3 is 23.9 Å². The van der Waals surface area contributed by atoms with E-state index in [1.54, 1.807) is 36.8 Å². The van der Waals surface area contributed by atoms with E-state index in [4.69, 9.17) is 18.9 Å². The number of rotatable bonds is 11. The van der Waals surface area contributed by atoms with Crippen molar-refractivity contribution in [3.63, 3.8) is 0 Å². The minimum atomic E-state index is -0.192. The van der Waals surface area contributed by atoms with Crippen molar-refractivity contribution < 1.29 is 23.7 Å². The number of pyridine rings is 1. The van der Waals surface area contributed by atoms with Crippen molar-refractivity contribution in [2.45, 2.75) is 36.6 Å². The molecule has 35 heavy (non-hydrogen) atoms. The van der Waals surface area contributed by atoms with E-state index in [1.165, 1.54) is 0 Å². The van der Waals surface area contributed by atoms with Crippen molar-refractivity contribution in [2.75, 3.05) is 33.1 Å². The number of esters is 1. The molecule has 10 heteroatoms. The topological polar surface area (TPSA) is 95.0 Å². The molecular formula is C25H29N3O5S2. The lowest BCUT2D eigenvalue weighted by molar-refractivity contribution is -0.143. The summed E-state index contributed by atoms with van der Waals surface area (Å²) in [5, 5.41) is 2.80. The van der Waals surface area contributed by atoms with Crippen LogP contribution < -0.4 is 9.47 Å². The molecule has 0 saturated carbocycles. The van der Waals surface area contributed by atoms with Gasteiger partial charge in [0.1, 0.15) is 28.4 Å². The quantitative estimate of drug-likeness (QED) is 0.271. The van der Waals surface area contributed by atoms with Gasteiger partial charge in [-0.05, 0) is 44.4 Å². The molecule has 4 rings (SSSR count). The molecule has 3 heterocycles. The van der Waals surface area contributed by atoms with Crippen molar-refractivity contribution in [3.8, 4) is 17.2 Å². The molecule has 1 N–H and O–H groups in total. The van der Waals surface area contributed by atoms with Crippen molar-refractivity contribution in [3.05, 3.63) is 42.2 Å². The van der Waals surface area contributed by atoms with Gasteiger partial charge in [-0.1, -0.05) is 11.8 Å². The van der Waals surface area contributed by atoms with Gasteiger partial charge in [0.2, 0.25) is 0 Å². The molecule has 1 aliphatic heterocycles. The smallest absolute Gasteiger partial charge is 0.306 e. The molecule has 8 nitrogen and oxygen atoms in total. The minimum absolute atomic E-state index is 0.0727. The Balaban J connectivity index is 1.59. The zero-order valence-electron chi connectivity index (χ0n) is 20.2. The number of hydrogen-bond donors (Lipinski definition) is 1. The average Bonchev–Trinajstić information content (AvgIpc) is 3.47. The largest absolute Gasteiger partial charge is 0.486 e. The Kier molecular flexibility index (Phi) is 8.59. The number of aromatic nitrogens is 2. The third-order valence-corrected chi connectivity index (χ3v) is 7.08. The number of thioether (sulfide) groups is 2. The Labute approximate surface area is 213 Å². The van der Waals surface area contributed by atoms with Crippen LogP contribution in [0.25, 0.3) is 10.9 Å². The predicted molar refractivity (Wildman–Crippen MR) is 140 cm³/mol. The number of methoxy groups -OCH3 is 1. The number of nitrogens with one attached hydrogen (secondary N) is 1. The maximum atomic E-state index is 11.9. The van der Waals surface area contributed by atoms with Crippen LogP contribution in [-0.2, 0) is 14.3 Å². The van der Waals surface area contributed by atoms with Gasteiger partial charge in [0.05, 0.1) is 48.6 Å². The molecule has 0 spiro atoms. The Morgan fingerprint density at radius 3 is 2.86 bits per heavy atom. The first-order valence-corrected chi connectivity index (χ1v) is 13.5. The maximum Gasteiger partial charge on any atom is 0.306 e. The summed E-state index contributed by atoms with van der Waals surface area (Å²) in [5.41, 5.74) is 1.73. The molecular weight excluding hydrogens is 486 g/mol. The molecule has 1 aromatic carbocycles. The average molecular weight is 516 g/mol. The highest BCUT2D eigenvalue weighted by atomic mass is 32.2. The summed E-state index contributed by atoms with van der Waals surface area (Å²) >= 11 is 3.17. The molecule has 2 atom stereocenters. The Hall–Kier alpha value is -2.69. The van der Waals surface area contributed by atoms with Gasteiger partial charge >= 0.3 is 5.97 Å². The molecule has 0 radical (unpaired) electrons. The Bertz CT molecular complexity index is 1200. The summed E-state index contributed by atoms with van der Waals surface area (Å²) in [7, 11) is 1.65. The number of hydrogen-bond acceptors (Lipinski definition) is 9. The fraction of sp³-hybridized carbons (Fsp3) is 0.400. The lowest BCUT2D eigenvalue weighted by Crippen LogP contribution is -2.18.